The first-order chi connectivity index (χ1) is 12.5. The second kappa shape index (κ2) is 8.60. The third-order valence-corrected chi connectivity index (χ3v) is 5.63. The summed E-state index contributed by atoms with van der Waals surface area (Å²) in [4.78, 5) is 30.7. The lowest BCUT2D eigenvalue weighted by Crippen LogP contribution is -2.45. The first-order valence-corrected chi connectivity index (χ1v) is 9.97. The minimum Gasteiger partial charge on any atom is -0.352 e. The molecule has 26 heavy (non-hydrogen) atoms. The molecule has 1 aliphatic heterocycles. The Balaban J connectivity index is 1.51. The molecule has 0 bridgehead atoms. The van der Waals surface area contributed by atoms with E-state index in [-0.39, 0.29) is 24.4 Å². The molecule has 1 aromatic carbocycles. The first kappa shape index (κ1) is 18.8. The normalized spacial score (nSPS) is 18.2. The van der Waals surface area contributed by atoms with Crippen LogP contribution in [0.2, 0.25) is 0 Å². The molecule has 2 aromatic rings. The Labute approximate surface area is 158 Å². The number of thiazole rings is 1. The smallest absolute Gasteiger partial charge is 0.239 e. The summed E-state index contributed by atoms with van der Waals surface area (Å²) < 4.78 is 1.22. The van der Waals surface area contributed by atoms with E-state index >= 15 is 0 Å². The second-order valence-corrected chi connectivity index (χ2v) is 8.16. The van der Waals surface area contributed by atoms with Gasteiger partial charge in [0, 0.05) is 18.5 Å². The van der Waals surface area contributed by atoms with Crippen LogP contribution < -0.4 is 10.6 Å². The fraction of sp³-hybridized carbons (Fsp3) is 0.526. The van der Waals surface area contributed by atoms with Gasteiger partial charge in [-0.25, -0.2) is 4.98 Å². The Morgan fingerprint density at radius 1 is 1.31 bits per heavy atom. The zero-order chi connectivity index (χ0) is 18.5. The van der Waals surface area contributed by atoms with Crippen molar-refractivity contribution in [3.63, 3.8) is 0 Å². The van der Waals surface area contributed by atoms with Crippen LogP contribution in [0.3, 0.4) is 0 Å². The summed E-state index contributed by atoms with van der Waals surface area (Å²) in [5.41, 5.74) is 1.05. The van der Waals surface area contributed by atoms with Crippen molar-refractivity contribution in [2.24, 2.45) is 0 Å². The van der Waals surface area contributed by atoms with Gasteiger partial charge in [-0.05, 0) is 45.4 Å². The summed E-state index contributed by atoms with van der Waals surface area (Å²) in [5, 5.41) is 6.63. The molecule has 6 nitrogen and oxygen atoms in total. The van der Waals surface area contributed by atoms with E-state index in [2.05, 4.69) is 21.6 Å². The largest absolute Gasteiger partial charge is 0.352 e. The molecular weight excluding hydrogens is 348 g/mol. The molecule has 1 aromatic heterocycles. The standard InChI is InChI=1S/C19H26N4O2S/c1-13(2)21-17(24)10-20-18(25)12-23-9-5-6-14(11-23)19-22-15-7-3-4-8-16(15)26-19/h3-4,7-8,13-14H,5-6,9-12H2,1-2H3,(H,20,25)(H,21,24)/t14-/m1/s1. The maximum Gasteiger partial charge on any atom is 0.239 e. The van der Waals surface area contributed by atoms with Crippen LogP contribution in [-0.4, -0.2) is 53.9 Å². The SMILES string of the molecule is CC(C)NC(=O)CNC(=O)CN1CCC[C@@H](c2nc3ccccc3s2)C1. The fourth-order valence-electron chi connectivity index (χ4n) is 3.28. The van der Waals surface area contributed by atoms with E-state index in [1.165, 1.54) is 4.70 Å². The van der Waals surface area contributed by atoms with Crippen LogP contribution in [0.15, 0.2) is 24.3 Å². The lowest BCUT2D eigenvalue weighted by atomic mass is 9.99. The Bertz CT molecular complexity index is 741. The highest BCUT2D eigenvalue weighted by Crippen LogP contribution is 2.32. The molecule has 140 valence electrons. The number of benzene rings is 1. The molecule has 0 unspecified atom stereocenters. The monoisotopic (exact) mass is 374 g/mol. The van der Waals surface area contributed by atoms with Crippen molar-refractivity contribution in [1.82, 2.24) is 20.5 Å². The summed E-state index contributed by atoms with van der Waals surface area (Å²) in [6.45, 7) is 5.91. The van der Waals surface area contributed by atoms with Crippen molar-refractivity contribution in [3.05, 3.63) is 29.3 Å². The fourth-order valence-corrected chi connectivity index (χ4v) is 4.37. The zero-order valence-electron chi connectivity index (χ0n) is 15.3. The molecule has 1 aliphatic rings. The van der Waals surface area contributed by atoms with Crippen molar-refractivity contribution in [2.45, 2.75) is 38.6 Å². The van der Waals surface area contributed by atoms with Crippen molar-refractivity contribution in [3.8, 4) is 0 Å². The van der Waals surface area contributed by atoms with E-state index in [0.29, 0.717) is 12.5 Å². The van der Waals surface area contributed by atoms with E-state index < -0.39 is 0 Å². The third kappa shape index (κ3) is 5.02. The van der Waals surface area contributed by atoms with E-state index in [4.69, 9.17) is 4.98 Å². The Kier molecular flexibility index (Phi) is 6.21. The number of nitrogens with zero attached hydrogens (tertiary/aromatic N) is 2. The molecule has 1 saturated heterocycles. The molecule has 0 radical (unpaired) electrons. The average Bonchev–Trinajstić information content (AvgIpc) is 3.04. The molecule has 7 heteroatoms. The molecule has 2 heterocycles. The highest BCUT2D eigenvalue weighted by Gasteiger charge is 2.25. The van der Waals surface area contributed by atoms with Crippen LogP contribution in [0.5, 0.6) is 0 Å². The van der Waals surface area contributed by atoms with Gasteiger partial charge in [0.1, 0.15) is 0 Å². The maximum absolute atomic E-state index is 12.1. The number of piperidine rings is 1. The highest BCUT2D eigenvalue weighted by atomic mass is 32.1. The highest BCUT2D eigenvalue weighted by molar-refractivity contribution is 7.18. The van der Waals surface area contributed by atoms with Gasteiger partial charge in [0.15, 0.2) is 0 Å². The topological polar surface area (TPSA) is 74.3 Å². The van der Waals surface area contributed by atoms with Gasteiger partial charge in [-0.15, -0.1) is 11.3 Å². The zero-order valence-corrected chi connectivity index (χ0v) is 16.1. The second-order valence-electron chi connectivity index (χ2n) is 7.09. The maximum atomic E-state index is 12.1. The van der Waals surface area contributed by atoms with Gasteiger partial charge in [0.25, 0.3) is 0 Å². The molecule has 2 N–H and O–H groups in total. The van der Waals surface area contributed by atoms with E-state index in [1.54, 1.807) is 11.3 Å². The molecule has 3 rings (SSSR count). The number of rotatable bonds is 6. The molecule has 1 atom stereocenters. The van der Waals surface area contributed by atoms with Gasteiger partial charge in [-0.1, -0.05) is 12.1 Å². The van der Waals surface area contributed by atoms with Crippen LogP contribution in [0.4, 0.5) is 0 Å². The number of likely N-dealkylation sites (tertiary alicyclic amines) is 1. The van der Waals surface area contributed by atoms with Gasteiger partial charge >= 0.3 is 0 Å². The molecule has 1 fully saturated rings. The van der Waals surface area contributed by atoms with Crippen molar-refractivity contribution in [2.75, 3.05) is 26.2 Å². The lowest BCUT2D eigenvalue weighted by Gasteiger charge is -2.31. The van der Waals surface area contributed by atoms with Gasteiger partial charge in [-0.3, -0.25) is 14.5 Å². The van der Waals surface area contributed by atoms with E-state index in [9.17, 15) is 9.59 Å². The Hall–Kier alpha value is -1.99. The quantitative estimate of drug-likeness (QED) is 0.812. The van der Waals surface area contributed by atoms with Crippen molar-refractivity contribution < 1.29 is 9.59 Å². The van der Waals surface area contributed by atoms with Crippen molar-refractivity contribution >= 4 is 33.4 Å². The van der Waals surface area contributed by atoms with E-state index in [1.807, 2.05) is 32.0 Å². The van der Waals surface area contributed by atoms with Gasteiger partial charge in [0.05, 0.1) is 28.3 Å². The van der Waals surface area contributed by atoms with Gasteiger partial charge in [0.2, 0.25) is 11.8 Å². The van der Waals surface area contributed by atoms with Gasteiger partial charge < -0.3 is 10.6 Å². The Morgan fingerprint density at radius 2 is 2.12 bits per heavy atom. The summed E-state index contributed by atoms with van der Waals surface area (Å²) >= 11 is 1.75. The summed E-state index contributed by atoms with van der Waals surface area (Å²) in [6, 6.07) is 8.28. The number of aromatic nitrogens is 1. The first-order valence-electron chi connectivity index (χ1n) is 9.15. The molecule has 0 aliphatic carbocycles. The van der Waals surface area contributed by atoms with Crippen molar-refractivity contribution in [1.29, 1.82) is 0 Å². The number of nitrogens with one attached hydrogen (secondary N) is 2. The van der Waals surface area contributed by atoms with E-state index in [0.717, 1.165) is 36.5 Å². The molecule has 0 saturated carbocycles. The molecule has 0 spiro atoms. The van der Waals surface area contributed by atoms with Crippen LogP contribution in [-0.2, 0) is 9.59 Å². The number of amides is 2. The average molecular weight is 375 g/mol. The Morgan fingerprint density at radius 3 is 2.88 bits per heavy atom. The lowest BCUT2D eigenvalue weighted by molar-refractivity contribution is -0.127. The molecular formula is C19H26N4O2S. The van der Waals surface area contributed by atoms with Crippen LogP contribution in [0.25, 0.3) is 10.2 Å². The number of carbonyl (C=O) groups excluding carboxylic acids is 2. The number of hydrogen-bond donors (Lipinski definition) is 2. The summed E-state index contributed by atoms with van der Waals surface area (Å²) in [5.74, 6) is 0.117. The number of carbonyl (C=O) groups is 2. The number of fused-ring (bicyclic) bond motifs is 1. The third-order valence-electron chi connectivity index (χ3n) is 4.43. The minimum atomic E-state index is -0.153. The predicted octanol–water partition coefficient (Wildman–Crippen LogP) is 2.12. The molecule has 2 amide bonds. The van der Waals surface area contributed by atoms with Crippen LogP contribution in [0.1, 0.15) is 37.6 Å². The summed E-state index contributed by atoms with van der Waals surface area (Å²) in [7, 11) is 0. The number of para-hydroxylation sites is 1. The van der Waals surface area contributed by atoms with Crippen LogP contribution >= 0.6 is 11.3 Å². The van der Waals surface area contributed by atoms with Crippen LogP contribution in [0, 0.1) is 0 Å². The van der Waals surface area contributed by atoms with Gasteiger partial charge in [-0.2, -0.15) is 0 Å². The minimum absolute atomic E-state index is 0.0339. The summed E-state index contributed by atoms with van der Waals surface area (Å²) in [6.07, 6.45) is 2.16. The predicted molar refractivity (Wildman–Crippen MR) is 104 cm³/mol. The number of hydrogen-bond acceptors (Lipinski definition) is 5.